The van der Waals surface area contributed by atoms with Crippen molar-refractivity contribution in [1.29, 1.82) is 0 Å². The van der Waals surface area contributed by atoms with Crippen LogP contribution in [0.1, 0.15) is 21.9 Å². The molecular weight excluding hydrogens is 382 g/mol. The molecule has 158 valence electrons. The summed E-state index contributed by atoms with van der Waals surface area (Å²) in [6.07, 6.45) is 0.937. The number of benzene rings is 1. The number of rotatable bonds is 3. The van der Waals surface area contributed by atoms with Gasteiger partial charge in [0.1, 0.15) is 5.82 Å². The first-order valence-electron chi connectivity index (χ1n) is 10.3. The number of hydrogen-bond acceptors (Lipinski definition) is 6. The Morgan fingerprint density at radius 1 is 1.00 bits per heavy atom. The van der Waals surface area contributed by atoms with Gasteiger partial charge in [-0.25, -0.2) is 9.97 Å². The van der Waals surface area contributed by atoms with Gasteiger partial charge in [-0.15, -0.1) is 0 Å². The number of aryl methyl sites for hydroxylation is 2. The van der Waals surface area contributed by atoms with Gasteiger partial charge in [-0.2, -0.15) is 0 Å². The van der Waals surface area contributed by atoms with Crippen molar-refractivity contribution in [3.63, 3.8) is 0 Å². The highest BCUT2D eigenvalue weighted by molar-refractivity contribution is 5.95. The first kappa shape index (κ1) is 20.3. The van der Waals surface area contributed by atoms with E-state index in [1.165, 1.54) is 5.69 Å². The third-order valence-electron chi connectivity index (χ3n) is 5.67. The zero-order chi connectivity index (χ0) is 21.1. The molecule has 2 amide bonds. The smallest absolute Gasteiger partial charge is 0.257 e. The molecule has 0 N–H and O–H groups in total. The molecule has 0 spiro atoms. The molecule has 8 heteroatoms. The summed E-state index contributed by atoms with van der Waals surface area (Å²) in [5, 5.41) is 0. The predicted molar refractivity (Wildman–Crippen MR) is 112 cm³/mol. The molecule has 1 unspecified atom stereocenters. The van der Waals surface area contributed by atoms with Gasteiger partial charge < -0.3 is 19.4 Å². The van der Waals surface area contributed by atoms with E-state index in [1.807, 2.05) is 23.1 Å². The highest BCUT2D eigenvalue weighted by Gasteiger charge is 2.34. The summed E-state index contributed by atoms with van der Waals surface area (Å²) < 4.78 is 5.74. The van der Waals surface area contributed by atoms with Crippen LogP contribution >= 0.6 is 0 Å². The molecule has 2 saturated heterocycles. The predicted octanol–water partition coefficient (Wildman–Crippen LogP) is 1.28. The fourth-order valence-electron chi connectivity index (χ4n) is 3.97. The quantitative estimate of drug-likeness (QED) is 0.760. The van der Waals surface area contributed by atoms with Crippen LogP contribution in [0.2, 0.25) is 0 Å². The van der Waals surface area contributed by atoms with E-state index in [-0.39, 0.29) is 18.4 Å². The molecule has 1 atom stereocenters. The van der Waals surface area contributed by atoms with Crippen molar-refractivity contribution >= 4 is 17.5 Å². The molecular formula is C22H27N5O3. The van der Waals surface area contributed by atoms with Crippen LogP contribution in [0.15, 0.2) is 36.5 Å². The summed E-state index contributed by atoms with van der Waals surface area (Å²) in [4.78, 5) is 40.2. The Hall–Kier alpha value is -3.00. The summed E-state index contributed by atoms with van der Waals surface area (Å²) in [6, 6.07) is 10.2. The van der Waals surface area contributed by atoms with E-state index in [0.29, 0.717) is 43.3 Å². The van der Waals surface area contributed by atoms with Crippen molar-refractivity contribution in [1.82, 2.24) is 19.8 Å². The zero-order valence-electron chi connectivity index (χ0n) is 17.5. The lowest BCUT2D eigenvalue weighted by atomic mass is 10.1. The van der Waals surface area contributed by atoms with Gasteiger partial charge >= 0.3 is 0 Å². The van der Waals surface area contributed by atoms with E-state index >= 15 is 0 Å². The molecule has 0 aliphatic carbocycles. The van der Waals surface area contributed by atoms with Crippen LogP contribution in [-0.4, -0.2) is 83.6 Å². The maximum absolute atomic E-state index is 13.0. The fraction of sp³-hybridized carbons (Fsp3) is 0.455. The van der Waals surface area contributed by atoms with Crippen molar-refractivity contribution in [2.45, 2.75) is 20.0 Å². The number of para-hydroxylation sites is 1. The molecule has 0 radical (unpaired) electrons. The molecule has 8 nitrogen and oxygen atoms in total. The summed E-state index contributed by atoms with van der Waals surface area (Å²) in [6.45, 7) is 7.51. The van der Waals surface area contributed by atoms with Crippen molar-refractivity contribution in [3.05, 3.63) is 53.6 Å². The molecule has 30 heavy (non-hydrogen) atoms. The number of anilines is 1. The molecule has 1 aromatic heterocycles. The summed E-state index contributed by atoms with van der Waals surface area (Å²) in [7, 11) is 0. The SMILES string of the molecule is Cc1ncc(C(=O)N2CCOC(C(=O)N3CCN(c4ccccc4)CC3)C2)c(C)n1. The average Bonchev–Trinajstić information content (AvgIpc) is 2.79. The van der Waals surface area contributed by atoms with Crippen molar-refractivity contribution in [2.75, 3.05) is 50.8 Å². The molecule has 0 saturated carbocycles. The normalized spacial score (nSPS) is 19.7. The van der Waals surface area contributed by atoms with Gasteiger partial charge in [0.05, 0.1) is 24.4 Å². The highest BCUT2D eigenvalue weighted by atomic mass is 16.5. The molecule has 3 heterocycles. The summed E-state index contributed by atoms with van der Waals surface area (Å²) in [5.74, 6) is 0.438. The van der Waals surface area contributed by atoms with Gasteiger partial charge in [0, 0.05) is 44.6 Å². The number of amides is 2. The lowest BCUT2D eigenvalue weighted by molar-refractivity contribution is -0.148. The Labute approximate surface area is 176 Å². The second kappa shape index (κ2) is 8.79. The van der Waals surface area contributed by atoms with E-state index in [2.05, 4.69) is 27.0 Å². The van der Waals surface area contributed by atoms with Crippen LogP contribution in [-0.2, 0) is 9.53 Å². The van der Waals surface area contributed by atoms with Gasteiger partial charge in [-0.05, 0) is 26.0 Å². The molecule has 2 aliphatic rings. The second-order valence-electron chi connectivity index (χ2n) is 7.67. The Kier molecular flexibility index (Phi) is 5.94. The lowest BCUT2D eigenvalue weighted by Gasteiger charge is -2.39. The number of aromatic nitrogens is 2. The third-order valence-corrected chi connectivity index (χ3v) is 5.67. The minimum atomic E-state index is -0.627. The number of hydrogen-bond donors (Lipinski definition) is 0. The number of ether oxygens (including phenoxy) is 1. The minimum Gasteiger partial charge on any atom is -0.368 e. The van der Waals surface area contributed by atoms with E-state index in [1.54, 1.807) is 24.9 Å². The first-order valence-corrected chi connectivity index (χ1v) is 10.3. The summed E-state index contributed by atoms with van der Waals surface area (Å²) in [5.41, 5.74) is 2.30. The van der Waals surface area contributed by atoms with Crippen molar-refractivity contribution in [2.24, 2.45) is 0 Å². The van der Waals surface area contributed by atoms with Crippen LogP contribution in [0.3, 0.4) is 0 Å². The van der Waals surface area contributed by atoms with E-state index in [9.17, 15) is 9.59 Å². The maximum atomic E-state index is 13.0. The van der Waals surface area contributed by atoms with E-state index in [0.717, 1.165) is 13.1 Å². The monoisotopic (exact) mass is 409 g/mol. The second-order valence-corrected chi connectivity index (χ2v) is 7.67. The molecule has 2 fully saturated rings. The number of piperazine rings is 1. The number of carbonyl (C=O) groups excluding carboxylic acids is 2. The van der Waals surface area contributed by atoms with E-state index in [4.69, 9.17) is 4.74 Å². The van der Waals surface area contributed by atoms with Crippen LogP contribution in [0.25, 0.3) is 0 Å². The Morgan fingerprint density at radius 2 is 1.73 bits per heavy atom. The van der Waals surface area contributed by atoms with Gasteiger partial charge in [-0.1, -0.05) is 18.2 Å². The fourth-order valence-corrected chi connectivity index (χ4v) is 3.97. The molecule has 2 aliphatic heterocycles. The minimum absolute atomic E-state index is 0.0444. The van der Waals surface area contributed by atoms with Crippen molar-refractivity contribution < 1.29 is 14.3 Å². The molecule has 0 bridgehead atoms. The third kappa shape index (κ3) is 4.28. The summed E-state index contributed by atoms with van der Waals surface area (Å²) >= 11 is 0. The van der Waals surface area contributed by atoms with Crippen LogP contribution in [0, 0.1) is 13.8 Å². The van der Waals surface area contributed by atoms with Gasteiger partial charge in [0.25, 0.3) is 11.8 Å². The highest BCUT2D eigenvalue weighted by Crippen LogP contribution is 2.18. The lowest BCUT2D eigenvalue weighted by Crippen LogP contribution is -2.56. The number of carbonyl (C=O) groups is 2. The Bertz CT molecular complexity index is 912. The topological polar surface area (TPSA) is 78.9 Å². The maximum Gasteiger partial charge on any atom is 0.257 e. The van der Waals surface area contributed by atoms with Gasteiger partial charge in [0.15, 0.2) is 6.10 Å². The van der Waals surface area contributed by atoms with Gasteiger partial charge in [0.2, 0.25) is 0 Å². The van der Waals surface area contributed by atoms with Crippen LogP contribution in [0.4, 0.5) is 5.69 Å². The standard InChI is InChI=1S/C22H27N5O3/c1-16-19(14-23-17(2)24-16)21(28)27-12-13-30-20(15-27)22(29)26-10-8-25(9-11-26)18-6-4-3-5-7-18/h3-7,14,20H,8-13,15H2,1-2H3. The first-order chi connectivity index (χ1) is 14.5. The van der Waals surface area contributed by atoms with Crippen LogP contribution in [0.5, 0.6) is 0 Å². The Morgan fingerprint density at radius 3 is 2.43 bits per heavy atom. The Balaban J connectivity index is 1.36. The van der Waals surface area contributed by atoms with E-state index < -0.39 is 6.10 Å². The number of nitrogens with zero attached hydrogens (tertiary/aromatic N) is 5. The molecule has 4 rings (SSSR count). The van der Waals surface area contributed by atoms with Crippen LogP contribution < -0.4 is 4.90 Å². The number of morpholine rings is 1. The molecule has 2 aromatic rings. The zero-order valence-corrected chi connectivity index (χ0v) is 17.5. The molecule has 1 aromatic carbocycles. The average molecular weight is 409 g/mol. The largest absolute Gasteiger partial charge is 0.368 e. The van der Waals surface area contributed by atoms with Gasteiger partial charge in [-0.3, -0.25) is 9.59 Å². The van der Waals surface area contributed by atoms with Crippen molar-refractivity contribution in [3.8, 4) is 0 Å².